The molecule has 2 aliphatic rings. The van der Waals surface area contributed by atoms with Gasteiger partial charge < -0.3 is 9.87 Å². The van der Waals surface area contributed by atoms with E-state index in [1.807, 2.05) is 6.08 Å². The summed E-state index contributed by atoms with van der Waals surface area (Å²) in [5.41, 5.74) is 0.686. The van der Waals surface area contributed by atoms with Gasteiger partial charge in [-0.2, -0.15) is 0 Å². The van der Waals surface area contributed by atoms with Gasteiger partial charge in [0.25, 0.3) is 0 Å². The van der Waals surface area contributed by atoms with Gasteiger partial charge in [-0.1, -0.05) is 17.3 Å². The average Bonchev–Trinajstić information content (AvgIpc) is 3.05. The summed E-state index contributed by atoms with van der Waals surface area (Å²) in [6.07, 6.45) is 5.21. The van der Waals surface area contributed by atoms with E-state index in [0.29, 0.717) is 10.9 Å². The molecule has 0 aromatic heterocycles. The van der Waals surface area contributed by atoms with Gasteiger partial charge in [0.05, 0.1) is 15.2 Å². The minimum absolute atomic E-state index is 0.0569. The third-order valence-electron chi connectivity index (χ3n) is 3.53. The number of ketones is 1. The Bertz CT molecular complexity index is 432. The van der Waals surface area contributed by atoms with Crippen molar-refractivity contribution in [2.24, 2.45) is 0 Å². The Kier molecular flexibility index (Phi) is 5.56. The van der Waals surface area contributed by atoms with Crippen molar-refractivity contribution in [2.45, 2.75) is 36.2 Å². The molecule has 112 valence electrons. The molecule has 1 aliphatic heterocycles. The molecule has 0 spiro atoms. The normalized spacial score (nSPS) is 28.8. The predicted octanol–water partition coefficient (Wildman–Crippen LogP) is 2.67. The van der Waals surface area contributed by atoms with Crippen LogP contribution in [-0.2, 0) is 16.0 Å². The third-order valence-corrected chi connectivity index (χ3v) is 8.27. The van der Waals surface area contributed by atoms with Crippen molar-refractivity contribution in [2.75, 3.05) is 18.6 Å². The molecule has 1 aliphatic carbocycles. The minimum atomic E-state index is -0.683. The van der Waals surface area contributed by atoms with Gasteiger partial charge >= 0.3 is 0 Å². The fourth-order valence-corrected chi connectivity index (χ4v) is 7.37. The molecule has 0 aromatic carbocycles. The molecule has 0 aromatic rings. The first-order chi connectivity index (χ1) is 9.49. The van der Waals surface area contributed by atoms with Crippen molar-refractivity contribution in [3.63, 3.8) is 0 Å². The third kappa shape index (κ3) is 4.00. The molecule has 2 rings (SSSR count). The fraction of sp³-hybridized carbons (Fsp3) is 0.643. The molecule has 2 unspecified atom stereocenters. The van der Waals surface area contributed by atoms with Crippen LogP contribution >= 0.6 is 23.5 Å². The van der Waals surface area contributed by atoms with Gasteiger partial charge in [0.1, 0.15) is 11.5 Å². The van der Waals surface area contributed by atoms with E-state index in [2.05, 4.69) is 11.9 Å². The van der Waals surface area contributed by atoms with E-state index < -0.39 is 11.2 Å². The molecular weight excluding hydrogens is 310 g/mol. The highest BCUT2D eigenvalue weighted by Crippen LogP contribution is 2.56. The average molecular weight is 332 g/mol. The quantitative estimate of drug-likeness (QED) is 0.441. The van der Waals surface area contributed by atoms with Crippen molar-refractivity contribution in [1.29, 1.82) is 0 Å². The number of rotatable bonds is 7. The number of Topliss-reactive ketones (excluding diaryl/α,β-unsaturated/α-hetero) is 1. The van der Waals surface area contributed by atoms with E-state index in [1.165, 1.54) is 0 Å². The van der Waals surface area contributed by atoms with Crippen molar-refractivity contribution in [1.82, 2.24) is 5.32 Å². The van der Waals surface area contributed by atoms with E-state index >= 15 is 0 Å². The SMILES string of the molecule is C=CC1(S/C(SC2CC[S+]([O-])C2)=C(\NC)C(C)=O)CC1. The van der Waals surface area contributed by atoms with Gasteiger partial charge in [-0.25, -0.2) is 0 Å². The topological polar surface area (TPSA) is 52.2 Å². The summed E-state index contributed by atoms with van der Waals surface area (Å²) < 4.78 is 12.7. The Balaban J connectivity index is 2.15. The fourth-order valence-electron chi connectivity index (χ4n) is 2.09. The number of carbonyl (C=O) groups excluding carboxylic acids is 1. The lowest BCUT2D eigenvalue weighted by atomic mass is 10.3. The Morgan fingerprint density at radius 3 is 2.65 bits per heavy atom. The first-order valence-electron chi connectivity index (χ1n) is 6.77. The summed E-state index contributed by atoms with van der Waals surface area (Å²) in [6, 6.07) is 0. The molecule has 6 heteroatoms. The lowest BCUT2D eigenvalue weighted by Crippen LogP contribution is -2.17. The molecule has 2 fully saturated rings. The Hall–Kier alpha value is -0.0400. The zero-order valence-corrected chi connectivity index (χ0v) is 14.4. The number of allylic oxidation sites excluding steroid dienone is 1. The molecule has 1 N–H and O–H groups in total. The number of carbonyl (C=O) groups is 1. The van der Waals surface area contributed by atoms with Crippen LogP contribution in [0.15, 0.2) is 22.6 Å². The first kappa shape index (κ1) is 16.3. The summed E-state index contributed by atoms with van der Waals surface area (Å²) >= 11 is 2.78. The van der Waals surface area contributed by atoms with E-state index in [0.717, 1.165) is 35.0 Å². The zero-order valence-electron chi connectivity index (χ0n) is 11.9. The number of nitrogens with one attached hydrogen (secondary N) is 1. The lowest BCUT2D eigenvalue weighted by Gasteiger charge is -2.18. The highest BCUT2D eigenvalue weighted by molar-refractivity contribution is 8.23. The number of hydrogen-bond acceptors (Lipinski definition) is 5. The van der Waals surface area contributed by atoms with Crippen LogP contribution in [0.3, 0.4) is 0 Å². The molecule has 1 saturated heterocycles. The van der Waals surface area contributed by atoms with Gasteiger partial charge in [-0.3, -0.25) is 4.79 Å². The maximum atomic E-state index is 11.8. The van der Waals surface area contributed by atoms with E-state index in [1.54, 1.807) is 37.5 Å². The molecule has 1 heterocycles. The van der Waals surface area contributed by atoms with Gasteiger partial charge in [0.15, 0.2) is 5.78 Å². The van der Waals surface area contributed by atoms with Crippen LogP contribution in [0.25, 0.3) is 0 Å². The predicted molar refractivity (Wildman–Crippen MR) is 90.4 cm³/mol. The molecular formula is C14H21NO2S3. The first-order valence-corrected chi connectivity index (χ1v) is 9.95. The largest absolute Gasteiger partial charge is 0.616 e. The lowest BCUT2D eigenvalue weighted by molar-refractivity contribution is -0.113. The molecule has 0 amide bonds. The number of thioether (sulfide) groups is 2. The van der Waals surface area contributed by atoms with Crippen molar-refractivity contribution < 1.29 is 9.35 Å². The maximum Gasteiger partial charge on any atom is 0.177 e. The van der Waals surface area contributed by atoms with Crippen LogP contribution in [0, 0.1) is 0 Å². The summed E-state index contributed by atoms with van der Waals surface area (Å²) in [5.74, 6) is 1.59. The number of hydrogen-bond donors (Lipinski definition) is 1. The highest BCUT2D eigenvalue weighted by Gasteiger charge is 2.43. The molecule has 20 heavy (non-hydrogen) atoms. The second-order valence-electron chi connectivity index (χ2n) is 5.18. The Labute approximate surface area is 132 Å². The minimum Gasteiger partial charge on any atom is -0.616 e. The van der Waals surface area contributed by atoms with Crippen LogP contribution in [-0.4, -0.2) is 38.9 Å². The highest BCUT2D eigenvalue weighted by atomic mass is 32.2. The summed E-state index contributed by atoms with van der Waals surface area (Å²) in [7, 11) is 1.79. The smallest absolute Gasteiger partial charge is 0.177 e. The summed E-state index contributed by atoms with van der Waals surface area (Å²) in [5, 5.41) is 3.40. The van der Waals surface area contributed by atoms with E-state index in [4.69, 9.17) is 0 Å². The monoisotopic (exact) mass is 331 g/mol. The molecule has 2 atom stereocenters. The van der Waals surface area contributed by atoms with Gasteiger partial charge in [-0.15, -0.1) is 30.1 Å². The number of likely N-dealkylation sites (N-methyl/N-ethyl adjacent to an activating group) is 1. The second-order valence-corrected chi connectivity index (χ2v) is 9.79. The molecule has 1 saturated carbocycles. The summed E-state index contributed by atoms with van der Waals surface area (Å²) in [6.45, 7) is 5.51. The van der Waals surface area contributed by atoms with Crippen molar-refractivity contribution in [3.8, 4) is 0 Å². The van der Waals surface area contributed by atoms with Crippen LogP contribution in [0.5, 0.6) is 0 Å². The molecule has 3 nitrogen and oxygen atoms in total. The summed E-state index contributed by atoms with van der Waals surface area (Å²) in [4.78, 5) is 11.8. The Morgan fingerprint density at radius 2 is 2.25 bits per heavy atom. The molecule has 0 radical (unpaired) electrons. The Morgan fingerprint density at radius 1 is 1.55 bits per heavy atom. The van der Waals surface area contributed by atoms with Crippen molar-refractivity contribution in [3.05, 3.63) is 22.6 Å². The van der Waals surface area contributed by atoms with Crippen LogP contribution in [0.1, 0.15) is 26.2 Å². The van der Waals surface area contributed by atoms with E-state index in [9.17, 15) is 9.35 Å². The van der Waals surface area contributed by atoms with Gasteiger partial charge in [0, 0.05) is 25.1 Å². The standard InChI is InChI=1S/C14H21NO2S3/c1-4-14(6-7-14)19-13(12(15-3)10(2)16)18-11-5-8-20(17)9-11/h4,11,15H,1,5-9H2,2-3H3/b13-12-. The zero-order chi connectivity index (χ0) is 14.8. The molecule has 0 bridgehead atoms. The maximum absolute atomic E-state index is 11.8. The van der Waals surface area contributed by atoms with Gasteiger partial charge in [-0.05, 0) is 12.8 Å². The second kappa shape index (κ2) is 6.81. The van der Waals surface area contributed by atoms with Gasteiger partial charge in [0.2, 0.25) is 0 Å². The van der Waals surface area contributed by atoms with Crippen molar-refractivity contribution >= 4 is 40.5 Å². The van der Waals surface area contributed by atoms with E-state index in [-0.39, 0.29) is 10.5 Å². The van der Waals surface area contributed by atoms with Crippen LogP contribution < -0.4 is 5.32 Å². The van der Waals surface area contributed by atoms with Crippen LogP contribution in [0.4, 0.5) is 0 Å². The van der Waals surface area contributed by atoms with Crippen LogP contribution in [0.2, 0.25) is 0 Å².